The van der Waals surface area contributed by atoms with Crippen LogP contribution in [0.15, 0.2) is 65.9 Å². The Hall–Kier alpha value is -3.27. The zero-order chi connectivity index (χ0) is 19.1. The number of aryl methyl sites for hydroxylation is 1. The van der Waals surface area contributed by atoms with Crippen molar-refractivity contribution in [1.82, 2.24) is 9.88 Å². The molecule has 0 fully saturated rings. The fourth-order valence-corrected chi connectivity index (χ4v) is 4.15. The zero-order valence-corrected chi connectivity index (χ0v) is 15.9. The number of hydrogen-bond acceptors (Lipinski definition) is 3. The summed E-state index contributed by atoms with van der Waals surface area (Å²) in [7, 11) is 0. The molecule has 2 aliphatic rings. The van der Waals surface area contributed by atoms with Crippen molar-refractivity contribution < 1.29 is 4.79 Å². The van der Waals surface area contributed by atoms with Crippen LogP contribution in [0.5, 0.6) is 0 Å². The number of aliphatic imine (C=N–C) groups is 1. The van der Waals surface area contributed by atoms with Gasteiger partial charge >= 0.3 is 0 Å². The van der Waals surface area contributed by atoms with Crippen molar-refractivity contribution in [3.8, 4) is 0 Å². The molecule has 3 heterocycles. The third-order valence-electron chi connectivity index (χ3n) is 5.53. The molecule has 0 saturated heterocycles. The number of carbonyl (C=O) groups is 1. The average molecular weight is 367 g/mol. The Labute approximate surface area is 164 Å². The second-order valence-electron chi connectivity index (χ2n) is 7.60. The largest absolute Gasteiger partial charge is 0.334 e. The molecular weight excluding hydrogens is 346 g/mol. The van der Waals surface area contributed by atoms with E-state index in [1.54, 1.807) is 6.20 Å². The van der Waals surface area contributed by atoms with Crippen molar-refractivity contribution in [1.29, 1.82) is 0 Å². The van der Waals surface area contributed by atoms with Crippen LogP contribution in [0.4, 0.5) is 0 Å². The van der Waals surface area contributed by atoms with Crippen LogP contribution >= 0.6 is 0 Å². The topological polar surface area (TPSA) is 45.6 Å². The molecule has 0 atom stereocenters. The van der Waals surface area contributed by atoms with Gasteiger partial charge in [-0.15, -0.1) is 0 Å². The molecule has 2 aliphatic heterocycles. The van der Waals surface area contributed by atoms with E-state index in [0.717, 1.165) is 16.8 Å². The number of nitrogens with zero attached hydrogens (tertiary/aromatic N) is 3. The fraction of sp³-hybridized carbons (Fsp3) is 0.208. The number of hydrogen-bond donors (Lipinski definition) is 0. The van der Waals surface area contributed by atoms with Crippen LogP contribution in [0.1, 0.15) is 38.9 Å². The van der Waals surface area contributed by atoms with Crippen LogP contribution < -0.4 is 0 Å². The minimum absolute atomic E-state index is 0.195. The molecule has 1 amide bonds. The molecule has 0 spiro atoms. The Balaban J connectivity index is 1.45. The van der Waals surface area contributed by atoms with Crippen molar-refractivity contribution in [3.05, 3.63) is 99.9 Å². The summed E-state index contributed by atoms with van der Waals surface area (Å²) in [6.07, 6.45) is 4.11. The van der Waals surface area contributed by atoms with Gasteiger partial charge in [0, 0.05) is 36.6 Å². The van der Waals surface area contributed by atoms with Gasteiger partial charge in [0.2, 0.25) is 5.91 Å². The van der Waals surface area contributed by atoms with Crippen molar-refractivity contribution in [2.24, 2.45) is 4.99 Å². The van der Waals surface area contributed by atoms with E-state index in [1.807, 2.05) is 23.2 Å². The van der Waals surface area contributed by atoms with Crippen molar-refractivity contribution in [2.45, 2.75) is 33.0 Å². The average Bonchev–Trinajstić information content (AvgIpc) is 3.10. The van der Waals surface area contributed by atoms with E-state index in [2.05, 4.69) is 48.3 Å². The molecule has 2 aromatic carbocycles. The molecule has 138 valence electrons. The maximum absolute atomic E-state index is 12.7. The lowest BCUT2D eigenvalue weighted by Crippen LogP contribution is -2.35. The molecule has 0 saturated carbocycles. The third-order valence-corrected chi connectivity index (χ3v) is 5.53. The van der Waals surface area contributed by atoms with Crippen LogP contribution in [-0.2, 0) is 30.8 Å². The fourth-order valence-electron chi connectivity index (χ4n) is 4.15. The van der Waals surface area contributed by atoms with Gasteiger partial charge in [-0.3, -0.25) is 14.8 Å². The van der Waals surface area contributed by atoms with Crippen LogP contribution in [0.3, 0.4) is 0 Å². The molecule has 5 rings (SSSR count). The Morgan fingerprint density at radius 3 is 2.79 bits per heavy atom. The minimum atomic E-state index is 0.195. The molecule has 4 heteroatoms. The van der Waals surface area contributed by atoms with Crippen LogP contribution in [0, 0.1) is 6.92 Å². The van der Waals surface area contributed by atoms with Gasteiger partial charge in [0.25, 0.3) is 0 Å². The lowest BCUT2D eigenvalue weighted by atomic mass is 9.91. The summed E-state index contributed by atoms with van der Waals surface area (Å²) in [5, 5.41) is 0. The lowest BCUT2D eigenvalue weighted by Gasteiger charge is -2.29. The van der Waals surface area contributed by atoms with Gasteiger partial charge in [-0.1, -0.05) is 35.9 Å². The number of benzene rings is 2. The Bertz CT molecular complexity index is 1100. The molecule has 3 aromatic rings. The summed E-state index contributed by atoms with van der Waals surface area (Å²) >= 11 is 0. The highest BCUT2D eigenvalue weighted by Crippen LogP contribution is 2.30. The van der Waals surface area contributed by atoms with E-state index in [-0.39, 0.29) is 5.91 Å². The summed E-state index contributed by atoms with van der Waals surface area (Å²) in [6, 6.07) is 16.8. The van der Waals surface area contributed by atoms with Gasteiger partial charge in [-0.25, -0.2) is 0 Å². The van der Waals surface area contributed by atoms with Gasteiger partial charge < -0.3 is 4.90 Å². The molecule has 0 N–H and O–H groups in total. The summed E-state index contributed by atoms with van der Waals surface area (Å²) in [6.45, 7) is 4.06. The first kappa shape index (κ1) is 16.9. The molecule has 4 nitrogen and oxygen atoms in total. The molecule has 1 aromatic heterocycles. The number of fused-ring (bicyclic) bond motifs is 2. The monoisotopic (exact) mass is 367 g/mol. The van der Waals surface area contributed by atoms with E-state index in [0.29, 0.717) is 26.1 Å². The minimum Gasteiger partial charge on any atom is -0.334 e. The van der Waals surface area contributed by atoms with Crippen molar-refractivity contribution in [3.63, 3.8) is 0 Å². The summed E-state index contributed by atoms with van der Waals surface area (Å²) in [5.41, 5.74) is 9.20. The quantitative estimate of drug-likeness (QED) is 0.706. The van der Waals surface area contributed by atoms with Gasteiger partial charge in [-0.05, 0) is 47.4 Å². The second-order valence-corrected chi connectivity index (χ2v) is 7.60. The van der Waals surface area contributed by atoms with Gasteiger partial charge in [-0.2, -0.15) is 0 Å². The van der Waals surface area contributed by atoms with Gasteiger partial charge in [0.05, 0.1) is 18.7 Å². The number of rotatable bonds is 3. The first-order valence-corrected chi connectivity index (χ1v) is 9.60. The first-order valence-electron chi connectivity index (χ1n) is 9.60. The number of pyridine rings is 1. The highest BCUT2D eigenvalue weighted by Gasteiger charge is 2.27. The molecule has 0 unspecified atom stereocenters. The van der Waals surface area contributed by atoms with E-state index in [9.17, 15) is 4.79 Å². The van der Waals surface area contributed by atoms with Gasteiger partial charge in [0.1, 0.15) is 0 Å². The molecular formula is C24H21N3O. The van der Waals surface area contributed by atoms with Crippen molar-refractivity contribution in [2.75, 3.05) is 0 Å². The smallest absolute Gasteiger partial charge is 0.227 e. The van der Waals surface area contributed by atoms with E-state index >= 15 is 0 Å². The van der Waals surface area contributed by atoms with Gasteiger partial charge in [0.15, 0.2) is 0 Å². The number of aromatic nitrogens is 1. The number of amides is 1. The second kappa shape index (κ2) is 6.71. The standard InChI is InChI=1S/C24H21N3O/c1-16-4-2-5-17(8-16)14-27-15-21-10-22-20(9-19(21)11-23(27)28)13-26-24(22)18-6-3-7-25-12-18/h2-10,12H,11,13-15H2,1H3. The SMILES string of the molecule is Cc1cccc(CN2Cc3cc4c(cc3CC2=O)CN=C4c2cccnc2)c1. The van der Waals surface area contributed by atoms with E-state index in [1.165, 1.54) is 27.8 Å². The molecule has 0 bridgehead atoms. The highest BCUT2D eigenvalue weighted by molar-refractivity contribution is 6.15. The lowest BCUT2D eigenvalue weighted by molar-refractivity contribution is -0.132. The Morgan fingerprint density at radius 1 is 1.04 bits per heavy atom. The molecule has 0 aliphatic carbocycles. The normalized spacial score (nSPS) is 15.2. The number of carbonyl (C=O) groups excluding carboxylic acids is 1. The maximum Gasteiger partial charge on any atom is 0.227 e. The molecule has 28 heavy (non-hydrogen) atoms. The summed E-state index contributed by atoms with van der Waals surface area (Å²) < 4.78 is 0. The first-order chi connectivity index (χ1) is 13.7. The predicted molar refractivity (Wildman–Crippen MR) is 109 cm³/mol. The Kier molecular flexibility index (Phi) is 4.05. The van der Waals surface area contributed by atoms with E-state index < -0.39 is 0 Å². The predicted octanol–water partition coefficient (Wildman–Crippen LogP) is 3.83. The van der Waals surface area contributed by atoms with Crippen LogP contribution in [-0.4, -0.2) is 21.5 Å². The van der Waals surface area contributed by atoms with E-state index in [4.69, 9.17) is 4.99 Å². The summed E-state index contributed by atoms with van der Waals surface area (Å²) in [4.78, 5) is 23.6. The maximum atomic E-state index is 12.7. The van der Waals surface area contributed by atoms with Crippen LogP contribution in [0.2, 0.25) is 0 Å². The van der Waals surface area contributed by atoms with Crippen molar-refractivity contribution >= 4 is 11.6 Å². The highest BCUT2D eigenvalue weighted by atomic mass is 16.2. The zero-order valence-electron chi connectivity index (χ0n) is 15.9. The Morgan fingerprint density at radius 2 is 1.96 bits per heavy atom. The third kappa shape index (κ3) is 3.01. The van der Waals surface area contributed by atoms with Crippen LogP contribution in [0.25, 0.3) is 0 Å². The molecule has 0 radical (unpaired) electrons. The summed E-state index contributed by atoms with van der Waals surface area (Å²) in [5.74, 6) is 0.195.